The highest BCUT2D eigenvalue weighted by molar-refractivity contribution is 5.94. The van der Waals surface area contributed by atoms with Crippen LogP contribution in [0.3, 0.4) is 0 Å². The summed E-state index contributed by atoms with van der Waals surface area (Å²) >= 11 is 0. The van der Waals surface area contributed by atoms with Gasteiger partial charge in [-0.2, -0.15) is 5.10 Å². The first-order valence-electron chi connectivity index (χ1n) is 12.2. The Kier molecular flexibility index (Phi) is 6.70. The number of hydrogen-bond donors (Lipinski definition) is 3. The lowest BCUT2D eigenvalue weighted by Gasteiger charge is -2.30. The summed E-state index contributed by atoms with van der Waals surface area (Å²) in [7, 11) is 1.72. The van der Waals surface area contributed by atoms with Gasteiger partial charge in [-0.05, 0) is 44.2 Å². The number of nitrogens with zero attached hydrogens (tertiary/aromatic N) is 5. The average molecular weight is 477 g/mol. The Balaban J connectivity index is 1.39. The van der Waals surface area contributed by atoms with Crippen LogP contribution in [0.1, 0.15) is 44.2 Å². The Morgan fingerprint density at radius 3 is 2.60 bits per heavy atom. The molecule has 9 heteroatoms. The zero-order valence-corrected chi connectivity index (χ0v) is 20.1. The van der Waals surface area contributed by atoms with Gasteiger partial charge in [0.1, 0.15) is 17.6 Å². The number of likely N-dealkylation sites (N-methyl/N-ethyl adjacent to an activating group) is 1. The van der Waals surface area contributed by atoms with Crippen molar-refractivity contribution in [1.82, 2.24) is 19.8 Å². The molecule has 1 aliphatic heterocycles. The van der Waals surface area contributed by atoms with Gasteiger partial charge < -0.3 is 20.3 Å². The second-order valence-electron chi connectivity index (χ2n) is 9.10. The van der Waals surface area contributed by atoms with E-state index < -0.39 is 6.23 Å². The number of rotatable bonds is 6. The summed E-state index contributed by atoms with van der Waals surface area (Å²) in [5.74, 6) is 1.38. The molecule has 3 aromatic rings. The van der Waals surface area contributed by atoms with Gasteiger partial charge in [-0.3, -0.25) is 9.69 Å². The number of hydrazone groups is 1. The zero-order chi connectivity index (χ0) is 24.4. The van der Waals surface area contributed by atoms with Crippen LogP contribution in [0.2, 0.25) is 0 Å². The molecule has 3 heterocycles. The van der Waals surface area contributed by atoms with E-state index in [1.54, 1.807) is 19.2 Å². The number of hydrogen-bond acceptors (Lipinski definition) is 8. The fourth-order valence-corrected chi connectivity index (χ4v) is 4.75. The maximum atomic E-state index is 9.76. The number of nitrogens with one attached hydrogen (secondary N) is 1. The zero-order valence-electron chi connectivity index (χ0n) is 20.1. The predicted octanol–water partition coefficient (Wildman–Crippen LogP) is 3.66. The Morgan fingerprint density at radius 1 is 1.14 bits per heavy atom. The Labute approximate surface area is 204 Å². The van der Waals surface area contributed by atoms with Crippen molar-refractivity contribution < 1.29 is 14.9 Å². The van der Waals surface area contributed by atoms with E-state index in [4.69, 9.17) is 9.84 Å². The smallest absolute Gasteiger partial charge is 0.230 e. The third-order valence-electron chi connectivity index (χ3n) is 6.69. The van der Waals surface area contributed by atoms with E-state index in [1.807, 2.05) is 30.5 Å². The predicted molar refractivity (Wildman–Crippen MR) is 136 cm³/mol. The van der Waals surface area contributed by atoms with Gasteiger partial charge in [-0.25, -0.2) is 4.98 Å². The normalized spacial score (nSPS) is 22.3. The molecule has 0 saturated heterocycles. The molecule has 1 aliphatic carbocycles. The molecule has 2 aromatic heterocycles. The molecule has 0 bridgehead atoms. The monoisotopic (exact) mass is 476 g/mol. The van der Waals surface area contributed by atoms with Crippen LogP contribution in [0.25, 0.3) is 22.2 Å². The number of aliphatic hydroxyl groups is 2. The van der Waals surface area contributed by atoms with Gasteiger partial charge in [0.05, 0.1) is 18.2 Å². The maximum Gasteiger partial charge on any atom is 0.230 e. The largest absolute Gasteiger partial charge is 0.473 e. The summed E-state index contributed by atoms with van der Waals surface area (Å²) in [6.07, 6.45) is 8.38. The third-order valence-corrected chi connectivity index (χ3v) is 6.69. The van der Waals surface area contributed by atoms with Gasteiger partial charge >= 0.3 is 0 Å². The van der Waals surface area contributed by atoms with Crippen LogP contribution >= 0.6 is 0 Å². The lowest BCUT2D eigenvalue weighted by Crippen LogP contribution is -2.32. The summed E-state index contributed by atoms with van der Waals surface area (Å²) < 4.78 is 8.27. The van der Waals surface area contributed by atoms with Crippen LogP contribution in [0, 0.1) is 0 Å². The number of anilines is 1. The van der Waals surface area contributed by atoms with Gasteiger partial charge in [0.2, 0.25) is 5.90 Å². The van der Waals surface area contributed by atoms with E-state index in [0.29, 0.717) is 5.90 Å². The number of benzene rings is 1. The molecule has 35 heavy (non-hydrogen) atoms. The fourth-order valence-electron chi connectivity index (χ4n) is 4.75. The minimum atomic E-state index is -0.707. The summed E-state index contributed by atoms with van der Waals surface area (Å²) in [6, 6.07) is 10.2. The van der Waals surface area contributed by atoms with Crippen LogP contribution < -0.4 is 5.32 Å². The molecule has 1 fully saturated rings. The van der Waals surface area contributed by atoms with Gasteiger partial charge in [0.15, 0.2) is 6.23 Å². The van der Waals surface area contributed by atoms with E-state index in [9.17, 15) is 10.2 Å². The van der Waals surface area contributed by atoms with E-state index >= 15 is 0 Å². The minimum Gasteiger partial charge on any atom is -0.473 e. The van der Waals surface area contributed by atoms with Crippen LogP contribution in [-0.2, 0) is 11.3 Å². The van der Waals surface area contributed by atoms with Crippen molar-refractivity contribution in [1.29, 1.82) is 0 Å². The van der Waals surface area contributed by atoms with Crippen LogP contribution in [0.4, 0.5) is 5.82 Å². The van der Waals surface area contributed by atoms with Crippen LogP contribution in [0.15, 0.2) is 53.8 Å². The molecule has 5 rings (SSSR count). The first-order valence-corrected chi connectivity index (χ1v) is 12.2. The van der Waals surface area contributed by atoms with Crippen molar-refractivity contribution in [2.75, 3.05) is 18.9 Å². The van der Waals surface area contributed by atoms with Gasteiger partial charge in [0.25, 0.3) is 0 Å². The van der Waals surface area contributed by atoms with E-state index in [-0.39, 0.29) is 18.8 Å². The number of aromatic nitrogens is 3. The van der Waals surface area contributed by atoms with Crippen molar-refractivity contribution >= 4 is 22.6 Å². The van der Waals surface area contributed by atoms with Crippen molar-refractivity contribution in [3.63, 3.8) is 0 Å². The topological polar surface area (TPSA) is 108 Å². The summed E-state index contributed by atoms with van der Waals surface area (Å²) in [4.78, 5) is 4.60. The number of ether oxygens (including phenoxy) is 1. The summed E-state index contributed by atoms with van der Waals surface area (Å²) in [5.41, 5.74) is 3.86. The summed E-state index contributed by atoms with van der Waals surface area (Å²) in [5, 5.41) is 34.4. The highest BCUT2D eigenvalue weighted by Crippen LogP contribution is 2.36. The van der Waals surface area contributed by atoms with Crippen molar-refractivity contribution in [2.45, 2.75) is 57.6 Å². The van der Waals surface area contributed by atoms with Gasteiger partial charge in [0, 0.05) is 42.9 Å². The molecule has 2 aliphatic rings. The molecule has 1 unspecified atom stereocenters. The van der Waals surface area contributed by atoms with Crippen molar-refractivity contribution in [3.05, 3.63) is 54.2 Å². The van der Waals surface area contributed by atoms with Crippen molar-refractivity contribution in [3.8, 4) is 11.3 Å². The number of aliphatic hydroxyl groups excluding tert-OH is 2. The fraction of sp³-hybridized carbons (Fsp3) is 0.423. The molecule has 1 saturated carbocycles. The lowest BCUT2D eigenvalue weighted by molar-refractivity contribution is 0.0532. The van der Waals surface area contributed by atoms with Crippen LogP contribution in [-0.4, -0.2) is 61.8 Å². The SMILES string of the molecule is CCNc1cc2c(cn1)c(-c1ccc(CO)cc1)nn2C1CCC(OC2=NN(C)C(O)C=C2)CC1. The molecule has 184 valence electrons. The molecule has 1 atom stereocenters. The molecule has 9 nitrogen and oxygen atoms in total. The van der Waals surface area contributed by atoms with E-state index in [1.165, 1.54) is 5.01 Å². The second kappa shape index (κ2) is 10.1. The van der Waals surface area contributed by atoms with E-state index in [0.717, 1.165) is 65.8 Å². The van der Waals surface area contributed by atoms with E-state index in [2.05, 4.69) is 33.1 Å². The first-order chi connectivity index (χ1) is 17.1. The second-order valence-corrected chi connectivity index (χ2v) is 9.10. The molecular weight excluding hydrogens is 444 g/mol. The number of fused-ring (bicyclic) bond motifs is 1. The average Bonchev–Trinajstić information content (AvgIpc) is 3.26. The molecule has 0 spiro atoms. The minimum absolute atomic E-state index is 0.0213. The quantitative estimate of drug-likeness (QED) is 0.498. The highest BCUT2D eigenvalue weighted by Gasteiger charge is 2.28. The van der Waals surface area contributed by atoms with Crippen molar-refractivity contribution in [2.24, 2.45) is 5.10 Å². The Morgan fingerprint density at radius 2 is 1.91 bits per heavy atom. The molecular formula is C26H32N6O3. The Bertz CT molecular complexity index is 1230. The maximum absolute atomic E-state index is 9.76. The van der Waals surface area contributed by atoms with Crippen LogP contribution in [0.5, 0.6) is 0 Å². The standard InChI is InChI=1S/C26H32N6O3/c1-3-27-23-14-22-21(15-28-23)26(18-6-4-17(16-33)5-7-18)30-32(22)19-8-10-20(11-9-19)35-24-12-13-25(34)31(2)29-24/h4-7,12-15,19-20,25,33-34H,3,8-11,16H2,1-2H3,(H,27,28). The molecule has 3 N–H and O–H groups in total. The first kappa shape index (κ1) is 23.3. The highest BCUT2D eigenvalue weighted by atomic mass is 16.5. The van der Waals surface area contributed by atoms with Gasteiger partial charge in [-0.1, -0.05) is 24.3 Å². The van der Waals surface area contributed by atoms with Gasteiger partial charge in [-0.15, -0.1) is 5.10 Å². The lowest BCUT2D eigenvalue weighted by atomic mass is 9.93. The number of pyridine rings is 1. The molecule has 0 amide bonds. The molecule has 0 radical (unpaired) electrons. The molecule has 1 aromatic carbocycles. The Hall–Kier alpha value is -3.43. The third kappa shape index (κ3) is 4.87. The summed E-state index contributed by atoms with van der Waals surface area (Å²) in [6.45, 7) is 2.88.